The van der Waals surface area contributed by atoms with Gasteiger partial charge in [-0.1, -0.05) is 13.8 Å². The highest BCUT2D eigenvalue weighted by Crippen LogP contribution is 2.01. The van der Waals surface area contributed by atoms with Crippen molar-refractivity contribution in [2.75, 3.05) is 19.7 Å². The second kappa shape index (κ2) is 7.53. The van der Waals surface area contributed by atoms with E-state index in [0.29, 0.717) is 0 Å². The molecule has 0 aromatic carbocycles. The molecule has 0 radical (unpaired) electrons. The molecule has 0 saturated carbocycles. The SMILES string of the molecule is CCCN(CCC)C(=O)COc1ccc[nH]c1=O. The molecule has 100 valence electrons. The monoisotopic (exact) mass is 252 g/mol. The van der Waals surface area contributed by atoms with Gasteiger partial charge in [-0.25, -0.2) is 0 Å². The lowest BCUT2D eigenvalue weighted by molar-refractivity contribution is -0.133. The fourth-order valence-corrected chi connectivity index (χ4v) is 1.65. The van der Waals surface area contributed by atoms with E-state index < -0.39 is 0 Å². The van der Waals surface area contributed by atoms with Crippen LogP contribution in [0.4, 0.5) is 0 Å². The summed E-state index contributed by atoms with van der Waals surface area (Å²) in [6.07, 6.45) is 3.35. The normalized spacial score (nSPS) is 10.1. The van der Waals surface area contributed by atoms with E-state index in [0.717, 1.165) is 25.9 Å². The third-order valence-corrected chi connectivity index (χ3v) is 2.47. The van der Waals surface area contributed by atoms with E-state index in [1.165, 1.54) is 6.20 Å². The van der Waals surface area contributed by atoms with E-state index in [4.69, 9.17) is 4.74 Å². The Hall–Kier alpha value is -1.78. The Bertz CT molecular complexity index is 422. The number of carbonyl (C=O) groups is 1. The van der Waals surface area contributed by atoms with Gasteiger partial charge in [-0.2, -0.15) is 0 Å². The van der Waals surface area contributed by atoms with Crippen LogP contribution in [0.3, 0.4) is 0 Å². The number of carbonyl (C=O) groups excluding carboxylic acids is 1. The molecule has 0 aliphatic rings. The lowest BCUT2D eigenvalue weighted by Gasteiger charge is -2.21. The third kappa shape index (κ3) is 4.24. The zero-order chi connectivity index (χ0) is 13.4. The molecule has 1 amide bonds. The fourth-order valence-electron chi connectivity index (χ4n) is 1.65. The van der Waals surface area contributed by atoms with Gasteiger partial charge in [-0.05, 0) is 25.0 Å². The van der Waals surface area contributed by atoms with Gasteiger partial charge in [0.25, 0.3) is 11.5 Å². The average Bonchev–Trinajstić information content (AvgIpc) is 2.37. The van der Waals surface area contributed by atoms with Crippen LogP contribution in [0.25, 0.3) is 0 Å². The maximum Gasteiger partial charge on any atom is 0.290 e. The van der Waals surface area contributed by atoms with E-state index in [2.05, 4.69) is 4.98 Å². The molecule has 0 saturated heterocycles. The number of H-pyrrole nitrogens is 1. The number of aromatic nitrogens is 1. The summed E-state index contributed by atoms with van der Waals surface area (Å²) in [7, 11) is 0. The molecule has 1 N–H and O–H groups in total. The van der Waals surface area contributed by atoms with Gasteiger partial charge in [-0.3, -0.25) is 9.59 Å². The Labute approximate surface area is 107 Å². The number of amides is 1. The quantitative estimate of drug-likeness (QED) is 0.798. The lowest BCUT2D eigenvalue weighted by atomic mass is 10.3. The lowest BCUT2D eigenvalue weighted by Crippen LogP contribution is -2.36. The van der Waals surface area contributed by atoms with Crippen molar-refractivity contribution in [1.29, 1.82) is 0 Å². The molecule has 0 aliphatic carbocycles. The molecule has 0 unspecified atom stereocenters. The molecule has 1 rings (SSSR count). The van der Waals surface area contributed by atoms with Crippen molar-refractivity contribution < 1.29 is 9.53 Å². The van der Waals surface area contributed by atoms with Crippen LogP contribution >= 0.6 is 0 Å². The largest absolute Gasteiger partial charge is 0.478 e. The number of nitrogens with zero attached hydrogens (tertiary/aromatic N) is 1. The summed E-state index contributed by atoms with van der Waals surface area (Å²) in [6.45, 7) is 5.41. The van der Waals surface area contributed by atoms with Crippen LogP contribution in [0.1, 0.15) is 26.7 Å². The summed E-state index contributed by atoms with van der Waals surface area (Å²) < 4.78 is 5.24. The molecule has 0 aliphatic heterocycles. The predicted octanol–water partition coefficient (Wildman–Crippen LogP) is 1.40. The van der Waals surface area contributed by atoms with Gasteiger partial charge in [0.2, 0.25) is 0 Å². The Morgan fingerprint density at radius 3 is 2.56 bits per heavy atom. The summed E-state index contributed by atoms with van der Waals surface area (Å²) in [5.74, 6) is 0.0979. The Morgan fingerprint density at radius 1 is 1.33 bits per heavy atom. The predicted molar refractivity (Wildman–Crippen MR) is 69.7 cm³/mol. The average molecular weight is 252 g/mol. The zero-order valence-corrected chi connectivity index (χ0v) is 10.9. The topological polar surface area (TPSA) is 62.4 Å². The minimum atomic E-state index is -0.317. The molecule has 0 fully saturated rings. The Balaban J connectivity index is 2.54. The van der Waals surface area contributed by atoms with Gasteiger partial charge in [-0.15, -0.1) is 0 Å². The zero-order valence-electron chi connectivity index (χ0n) is 10.9. The Morgan fingerprint density at radius 2 is 2.00 bits per heavy atom. The van der Waals surface area contributed by atoms with Crippen LogP contribution in [0.15, 0.2) is 23.1 Å². The third-order valence-electron chi connectivity index (χ3n) is 2.47. The van der Waals surface area contributed by atoms with E-state index >= 15 is 0 Å². The molecule has 0 spiro atoms. The van der Waals surface area contributed by atoms with Crippen molar-refractivity contribution >= 4 is 5.91 Å². The minimum absolute atomic E-state index is 0.0815. The minimum Gasteiger partial charge on any atom is -0.478 e. The number of aromatic amines is 1. The van der Waals surface area contributed by atoms with Crippen LogP contribution in [0.5, 0.6) is 5.75 Å². The maximum absolute atomic E-state index is 11.9. The molecule has 1 heterocycles. The first kappa shape index (κ1) is 14.3. The first-order chi connectivity index (χ1) is 8.69. The highest BCUT2D eigenvalue weighted by Gasteiger charge is 2.12. The van der Waals surface area contributed by atoms with Gasteiger partial charge in [0, 0.05) is 19.3 Å². The van der Waals surface area contributed by atoms with E-state index in [1.54, 1.807) is 17.0 Å². The maximum atomic E-state index is 11.9. The van der Waals surface area contributed by atoms with Crippen LogP contribution < -0.4 is 10.3 Å². The van der Waals surface area contributed by atoms with E-state index in [1.807, 2.05) is 13.8 Å². The summed E-state index contributed by atoms with van der Waals surface area (Å²) in [5, 5.41) is 0. The van der Waals surface area contributed by atoms with Gasteiger partial charge in [0.05, 0.1) is 0 Å². The number of hydrogen-bond donors (Lipinski definition) is 1. The van der Waals surface area contributed by atoms with E-state index in [-0.39, 0.29) is 23.8 Å². The van der Waals surface area contributed by atoms with Crippen molar-refractivity contribution in [2.45, 2.75) is 26.7 Å². The molecule has 0 bridgehead atoms. The van der Waals surface area contributed by atoms with Crippen molar-refractivity contribution in [3.05, 3.63) is 28.7 Å². The smallest absolute Gasteiger partial charge is 0.290 e. The van der Waals surface area contributed by atoms with Gasteiger partial charge in [0.15, 0.2) is 12.4 Å². The fraction of sp³-hybridized carbons (Fsp3) is 0.538. The molecular weight excluding hydrogens is 232 g/mol. The molecule has 18 heavy (non-hydrogen) atoms. The summed E-state index contributed by atoms with van der Waals surface area (Å²) in [6, 6.07) is 3.22. The number of hydrogen-bond acceptors (Lipinski definition) is 3. The number of ether oxygens (including phenoxy) is 1. The second-order valence-corrected chi connectivity index (χ2v) is 4.03. The molecule has 1 aromatic heterocycles. The van der Waals surface area contributed by atoms with Crippen molar-refractivity contribution in [3.63, 3.8) is 0 Å². The summed E-state index contributed by atoms with van der Waals surface area (Å²) in [5.41, 5.74) is -0.317. The van der Waals surface area contributed by atoms with Crippen molar-refractivity contribution in [2.24, 2.45) is 0 Å². The van der Waals surface area contributed by atoms with E-state index in [9.17, 15) is 9.59 Å². The number of pyridine rings is 1. The van der Waals surface area contributed by atoms with Gasteiger partial charge < -0.3 is 14.6 Å². The van der Waals surface area contributed by atoms with Crippen LogP contribution in [0.2, 0.25) is 0 Å². The molecule has 5 nitrogen and oxygen atoms in total. The van der Waals surface area contributed by atoms with Gasteiger partial charge in [0.1, 0.15) is 0 Å². The molecule has 0 atom stereocenters. The van der Waals surface area contributed by atoms with Crippen LogP contribution in [0, 0.1) is 0 Å². The van der Waals surface area contributed by atoms with Crippen LogP contribution in [-0.4, -0.2) is 35.5 Å². The molecule has 5 heteroatoms. The standard InChI is InChI=1S/C13H20N2O3/c1-3-8-15(9-4-2)12(16)10-18-11-6-5-7-14-13(11)17/h5-7H,3-4,8-10H2,1-2H3,(H,14,17). The second-order valence-electron chi connectivity index (χ2n) is 4.03. The summed E-state index contributed by atoms with van der Waals surface area (Å²) in [4.78, 5) is 27.5. The highest BCUT2D eigenvalue weighted by molar-refractivity contribution is 5.77. The van der Waals surface area contributed by atoms with Crippen molar-refractivity contribution in [3.8, 4) is 5.75 Å². The van der Waals surface area contributed by atoms with Crippen molar-refractivity contribution in [1.82, 2.24) is 9.88 Å². The Kier molecular flexibility index (Phi) is 5.97. The molecular formula is C13H20N2O3. The summed E-state index contributed by atoms with van der Waals surface area (Å²) >= 11 is 0. The highest BCUT2D eigenvalue weighted by atomic mass is 16.5. The van der Waals surface area contributed by atoms with Gasteiger partial charge >= 0.3 is 0 Å². The molecule has 1 aromatic rings. The number of rotatable bonds is 7. The first-order valence-electron chi connectivity index (χ1n) is 6.27. The number of nitrogens with one attached hydrogen (secondary N) is 1. The first-order valence-corrected chi connectivity index (χ1v) is 6.27. The van der Waals surface area contributed by atoms with Crippen LogP contribution in [-0.2, 0) is 4.79 Å².